The molecule has 3 rings (SSSR count). The van der Waals surface area contributed by atoms with Crippen LogP contribution in [-0.2, 0) is 6.54 Å². The smallest absolute Gasteiger partial charge is 0.230 e. The van der Waals surface area contributed by atoms with Crippen molar-refractivity contribution in [2.75, 3.05) is 7.05 Å². The first-order valence-corrected chi connectivity index (χ1v) is 6.61. The summed E-state index contributed by atoms with van der Waals surface area (Å²) < 4.78 is 11.3. The minimum absolute atomic E-state index is 0.134. The Labute approximate surface area is 117 Å². The maximum atomic E-state index is 5.89. The van der Waals surface area contributed by atoms with Crippen molar-refractivity contribution >= 4 is 11.0 Å². The zero-order valence-electron chi connectivity index (χ0n) is 11.8. The predicted molar refractivity (Wildman–Crippen MR) is 75.1 cm³/mol. The van der Waals surface area contributed by atoms with Crippen LogP contribution >= 0.6 is 0 Å². The van der Waals surface area contributed by atoms with Crippen molar-refractivity contribution in [1.29, 1.82) is 0 Å². The number of hydrogen-bond donors (Lipinski definition) is 0. The Bertz CT molecular complexity index is 684. The van der Waals surface area contributed by atoms with Gasteiger partial charge in [0.15, 0.2) is 0 Å². The predicted octanol–water partition coefficient (Wildman–Crippen LogP) is 3.32. The summed E-state index contributed by atoms with van der Waals surface area (Å²) in [6, 6.07) is 10.2. The Morgan fingerprint density at radius 1 is 1.20 bits per heavy atom. The van der Waals surface area contributed by atoms with Gasteiger partial charge in [0, 0.05) is 12.3 Å². The molecule has 0 saturated carbocycles. The second-order valence-corrected chi connectivity index (χ2v) is 4.99. The van der Waals surface area contributed by atoms with E-state index in [1.807, 2.05) is 25.2 Å². The van der Waals surface area contributed by atoms with Crippen molar-refractivity contribution in [2.24, 2.45) is 0 Å². The summed E-state index contributed by atoms with van der Waals surface area (Å²) in [7, 11) is 2.01. The standard InChI is InChI=1S/C15H17N3O2/c1-10(18(3)9-15-17-16-11(2)19-15)14-8-12-6-4-5-7-13(12)20-14/h4-8,10H,9H2,1-3H3. The van der Waals surface area contributed by atoms with E-state index in [1.165, 1.54) is 0 Å². The van der Waals surface area contributed by atoms with Gasteiger partial charge in [-0.3, -0.25) is 4.90 Å². The number of nitrogens with zero attached hydrogens (tertiary/aromatic N) is 3. The minimum atomic E-state index is 0.134. The molecule has 2 heterocycles. The summed E-state index contributed by atoms with van der Waals surface area (Å²) in [5.41, 5.74) is 0.913. The molecule has 0 amide bonds. The first-order valence-electron chi connectivity index (χ1n) is 6.61. The maximum absolute atomic E-state index is 5.89. The highest BCUT2D eigenvalue weighted by Crippen LogP contribution is 2.27. The molecule has 1 aromatic carbocycles. The molecule has 0 bridgehead atoms. The summed E-state index contributed by atoms with van der Waals surface area (Å²) in [5, 5.41) is 8.98. The molecule has 2 aromatic heterocycles. The largest absolute Gasteiger partial charge is 0.459 e. The van der Waals surface area contributed by atoms with E-state index in [1.54, 1.807) is 6.92 Å². The lowest BCUT2D eigenvalue weighted by molar-refractivity contribution is 0.205. The number of aromatic nitrogens is 2. The third-order valence-electron chi connectivity index (χ3n) is 3.47. The van der Waals surface area contributed by atoms with Crippen molar-refractivity contribution in [1.82, 2.24) is 15.1 Å². The molecule has 0 aliphatic carbocycles. The van der Waals surface area contributed by atoms with Crippen LogP contribution in [0, 0.1) is 6.92 Å². The molecule has 0 N–H and O–H groups in total. The van der Waals surface area contributed by atoms with Crippen LogP contribution in [0.25, 0.3) is 11.0 Å². The molecule has 3 aromatic rings. The van der Waals surface area contributed by atoms with Crippen LogP contribution in [0.15, 0.2) is 39.2 Å². The number of para-hydroxylation sites is 1. The van der Waals surface area contributed by atoms with Gasteiger partial charge < -0.3 is 8.83 Å². The Balaban J connectivity index is 1.78. The van der Waals surface area contributed by atoms with Gasteiger partial charge in [0.2, 0.25) is 11.8 Å². The molecule has 1 atom stereocenters. The SMILES string of the molecule is Cc1nnc(CN(C)C(C)c2cc3ccccc3o2)o1. The molecule has 1 unspecified atom stereocenters. The summed E-state index contributed by atoms with van der Waals surface area (Å²) in [5.74, 6) is 2.14. The molecule has 0 aliphatic heterocycles. The fourth-order valence-electron chi connectivity index (χ4n) is 2.18. The number of fused-ring (bicyclic) bond motifs is 1. The Kier molecular flexibility index (Phi) is 3.28. The van der Waals surface area contributed by atoms with Gasteiger partial charge >= 0.3 is 0 Å². The average Bonchev–Trinajstić information content (AvgIpc) is 3.03. The lowest BCUT2D eigenvalue weighted by Gasteiger charge is -2.20. The van der Waals surface area contributed by atoms with E-state index in [4.69, 9.17) is 8.83 Å². The van der Waals surface area contributed by atoms with Crippen LogP contribution in [0.3, 0.4) is 0 Å². The molecule has 0 fully saturated rings. The summed E-state index contributed by atoms with van der Waals surface area (Å²) in [6.45, 7) is 4.49. The normalized spacial score (nSPS) is 13.2. The van der Waals surface area contributed by atoms with Crippen molar-refractivity contribution in [3.05, 3.63) is 47.9 Å². The molecule has 20 heavy (non-hydrogen) atoms. The zero-order chi connectivity index (χ0) is 14.1. The highest BCUT2D eigenvalue weighted by atomic mass is 16.4. The number of furan rings is 1. The van der Waals surface area contributed by atoms with E-state index in [2.05, 4.69) is 34.2 Å². The second kappa shape index (κ2) is 5.09. The second-order valence-electron chi connectivity index (χ2n) is 4.99. The van der Waals surface area contributed by atoms with Crippen molar-refractivity contribution in [3.8, 4) is 0 Å². The van der Waals surface area contributed by atoms with Crippen LogP contribution < -0.4 is 0 Å². The first kappa shape index (κ1) is 12.9. The Hall–Kier alpha value is -2.14. The van der Waals surface area contributed by atoms with Crippen LogP contribution in [0.4, 0.5) is 0 Å². The molecule has 0 aliphatic rings. The topological polar surface area (TPSA) is 55.3 Å². The first-order chi connectivity index (χ1) is 9.63. The lowest BCUT2D eigenvalue weighted by Crippen LogP contribution is -2.21. The molecular formula is C15H17N3O2. The number of aryl methyl sites for hydroxylation is 1. The fourth-order valence-corrected chi connectivity index (χ4v) is 2.18. The third-order valence-corrected chi connectivity index (χ3v) is 3.47. The molecule has 5 heteroatoms. The van der Waals surface area contributed by atoms with Crippen molar-refractivity contribution in [2.45, 2.75) is 26.4 Å². The average molecular weight is 271 g/mol. The highest BCUT2D eigenvalue weighted by Gasteiger charge is 2.18. The van der Waals surface area contributed by atoms with E-state index < -0.39 is 0 Å². The minimum Gasteiger partial charge on any atom is -0.459 e. The van der Waals surface area contributed by atoms with E-state index in [-0.39, 0.29) is 6.04 Å². The van der Waals surface area contributed by atoms with Gasteiger partial charge in [0.25, 0.3) is 0 Å². The molecule has 5 nitrogen and oxygen atoms in total. The van der Waals surface area contributed by atoms with Gasteiger partial charge in [-0.25, -0.2) is 0 Å². The summed E-state index contributed by atoms with van der Waals surface area (Å²) in [4.78, 5) is 2.12. The number of benzene rings is 1. The Morgan fingerprint density at radius 3 is 2.70 bits per heavy atom. The van der Waals surface area contributed by atoms with E-state index in [0.717, 1.165) is 16.7 Å². The highest BCUT2D eigenvalue weighted by molar-refractivity contribution is 5.77. The van der Waals surface area contributed by atoms with Crippen LogP contribution in [0.5, 0.6) is 0 Å². The van der Waals surface area contributed by atoms with Gasteiger partial charge in [-0.2, -0.15) is 0 Å². The van der Waals surface area contributed by atoms with Gasteiger partial charge in [0.05, 0.1) is 12.6 Å². The molecule has 0 radical (unpaired) electrons. The van der Waals surface area contributed by atoms with E-state index >= 15 is 0 Å². The monoisotopic (exact) mass is 271 g/mol. The van der Waals surface area contributed by atoms with E-state index in [9.17, 15) is 0 Å². The fraction of sp³-hybridized carbons (Fsp3) is 0.333. The Morgan fingerprint density at radius 2 is 2.00 bits per heavy atom. The maximum Gasteiger partial charge on any atom is 0.230 e. The molecule has 104 valence electrons. The summed E-state index contributed by atoms with van der Waals surface area (Å²) >= 11 is 0. The lowest BCUT2D eigenvalue weighted by atomic mass is 10.2. The quantitative estimate of drug-likeness (QED) is 0.728. The van der Waals surface area contributed by atoms with Crippen LogP contribution in [-0.4, -0.2) is 22.1 Å². The van der Waals surface area contributed by atoms with Gasteiger partial charge in [-0.15, -0.1) is 10.2 Å². The van der Waals surface area contributed by atoms with Gasteiger partial charge in [0.1, 0.15) is 11.3 Å². The molecule has 0 spiro atoms. The van der Waals surface area contributed by atoms with Crippen LogP contribution in [0.1, 0.15) is 30.5 Å². The molecule has 0 saturated heterocycles. The number of hydrogen-bond acceptors (Lipinski definition) is 5. The van der Waals surface area contributed by atoms with Crippen molar-refractivity contribution < 1.29 is 8.83 Å². The van der Waals surface area contributed by atoms with Crippen molar-refractivity contribution in [3.63, 3.8) is 0 Å². The zero-order valence-corrected chi connectivity index (χ0v) is 11.8. The third kappa shape index (κ3) is 2.44. The van der Waals surface area contributed by atoms with Gasteiger partial charge in [-0.05, 0) is 26.1 Å². The van der Waals surface area contributed by atoms with E-state index in [0.29, 0.717) is 18.3 Å². The molecular weight excluding hydrogens is 254 g/mol. The van der Waals surface area contributed by atoms with Gasteiger partial charge in [-0.1, -0.05) is 18.2 Å². The number of rotatable bonds is 4. The van der Waals surface area contributed by atoms with Crippen LogP contribution in [0.2, 0.25) is 0 Å². The summed E-state index contributed by atoms with van der Waals surface area (Å²) in [6.07, 6.45) is 0.